The van der Waals surface area contributed by atoms with Crippen LogP contribution >= 0.6 is 22.9 Å². The van der Waals surface area contributed by atoms with E-state index in [1.165, 1.54) is 17.0 Å². The van der Waals surface area contributed by atoms with Gasteiger partial charge in [0.15, 0.2) is 0 Å². The number of nitrogens with zero attached hydrogens (tertiary/aromatic N) is 2. The summed E-state index contributed by atoms with van der Waals surface area (Å²) in [7, 11) is 0. The Kier molecular flexibility index (Phi) is 7.98. The van der Waals surface area contributed by atoms with Gasteiger partial charge in [0.2, 0.25) is 5.91 Å². The molecule has 0 aliphatic carbocycles. The SMILES string of the molecule is C=CCN(CC(=O)N(Cc1ccc(F)cc1)Cc1cccs1)C(=O)c1ccc(Cl)cc1. The summed E-state index contributed by atoms with van der Waals surface area (Å²) in [6, 6.07) is 16.5. The smallest absolute Gasteiger partial charge is 0.254 e. The molecule has 160 valence electrons. The highest BCUT2D eigenvalue weighted by Crippen LogP contribution is 2.17. The molecule has 0 saturated carbocycles. The second-order valence-electron chi connectivity index (χ2n) is 6.94. The summed E-state index contributed by atoms with van der Waals surface area (Å²) < 4.78 is 13.3. The van der Waals surface area contributed by atoms with Crippen LogP contribution in [0.2, 0.25) is 5.02 Å². The molecule has 0 spiro atoms. The molecule has 0 aliphatic rings. The fraction of sp³-hybridized carbons (Fsp3) is 0.167. The van der Waals surface area contributed by atoms with E-state index >= 15 is 0 Å². The van der Waals surface area contributed by atoms with E-state index in [1.54, 1.807) is 58.7 Å². The molecule has 0 bridgehead atoms. The molecule has 1 heterocycles. The van der Waals surface area contributed by atoms with Crippen LogP contribution in [0.1, 0.15) is 20.8 Å². The number of thiophene rings is 1. The molecule has 0 saturated heterocycles. The molecular weight excluding hydrogens is 435 g/mol. The lowest BCUT2D eigenvalue weighted by Crippen LogP contribution is -2.42. The van der Waals surface area contributed by atoms with E-state index in [-0.39, 0.29) is 30.7 Å². The average molecular weight is 457 g/mol. The van der Waals surface area contributed by atoms with Gasteiger partial charge in [-0.15, -0.1) is 17.9 Å². The highest BCUT2D eigenvalue weighted by Gasteiger charge is 2.22. The number of carbonyl (C=O) groups is 2. The number of hydrogen-bond acceptors (Lipinski definition) is 3. The van der Waals surface area contributed by atoms with Crippen LogP contribution in [0.5, 0.6) is 0 Å². The van der Waals surface area contributed by atoms with Gasteiger partial charge in [-0.2, -0.15) is 0 Å². The Bertz CT molecular complexity index is 1020. The van der Waals surface area contributed by atoms with Gasteiger partial charge in [0.1, 0.15) is 12.4 Å². The highest BCUT2D eigenvalue weighted by molar-refractivity contribution is 7.09. The second kappa shape index (κ2) is 10.9. The maximum absolute atomic E-state index is 13.3. The van der Waals surface area contributed by atoms with Crippen molar-refractivity contribution in [2.75, 3.05) is 13.1 Å². The van der Waals surface area contributed by atoms with Crippen molar-refractivity contribution < 1.29 is 14.0 Å². The molecular formula is C24H22ClFN2O2S. The van der Waals surface area contributed by atoms with E-state index in [0.29, 0.717) is 23.7 Å². The summed E-state index contributed by atoms with van der Waals surface area (Å²) in [5.74, 6) is -0.810. The predicted molar refractivity (Wildman–Crippen MR) is 123 cm³/mol. The average Bonchev–Trinajstić information content (AvgIpc) is 3.27. The quantitative estimate of drug-likeness (QED) is 0.404. The fourth-order valence-corrected chi connectivity index (χ4v) is 3.89. The number of hydrogen-bond donors (Lipinski definition) is 0. The summed E-state index contributed by atoms with van der Waals surface area (Å²) in [6.45, 7) is 4.56. The fourth-order valence-electron chi connectivity index (χ4n) is 3.05. The largest absolute Gasteiger partial charge is 0.332 e. The summed E-state index contributed by atoms with van der Waals surface area (Å²) in [6.07, 6.45) is 1.59. The molecule has 3 rings (SSSR count). The molecule has 3 aromatic rings. The number of rotatable bonds is 9. The lowest BCUT2D eigenvalue weighted by atomic mass is 10.2. The van der Waals surface area contributed by atoms with E-state index in [2.05, 4.69) is 6.58 Å². The molecule has 7 heteroatoms. The Hall–Kier alpha value is -2.96. The minimum Gasteiger partial charge on any atom is -0.332 e. The van der Waals surface area contributed by atoms with E-state index in [1.807, 2.05) is 17.5 Å². The molecule has 0 atom stereocenters. The van der Waals surface area contributed by atoms with Crippen molar-refractivity contribution in [2.24, 2.45) is 0 Å². The standard InChI is InChI=1S/C24H22ClFN2O2S/c1-2-13-27(24(30)19-7-9-20(25)10-8-19)17-23(29)28(16-22-4-3-14-31-22)15-18-5-11-21(26)12-6-18/h2-12,14H,1,13,15-17H2. The lowest BCUT2D eigenvalue weighted by Gasteiger charge is -2.27. The molecule has 31 heavy (non-hydrogen) atoms. The third-order valence-electron chi connectivity index (χ3n) is 4.62. The Balaban J connectivity index is 1.78. The summed E-state index contributed by atoms with van der Waals surface area (Å²) >= 11 is 7.47. The zero-order valence-corrected chi connectivity index (χ0v) is 18.4. The first-order valence-electron chi connectivity index (χ1n) is 9.66. The zero-order chi connectivity index (χ0) is 22.2. The van der Waals surface area contributed by atoms with Crippen LogP contribution in [0, 0.1) is 5.82 Å². The second-order valence-corrected chi connectivity index (χ2v) is 8.41. The van der Waals surface area contributed by atoms with Crippen molar-refractivity contribution in [1.82, 2.24) is 9.80 Å². The van der Waals surface area contributed by atoms with Gasteiger partial charge in [-0.25, -0.2) is 4.39 Å². The van der Waals surface area contributed by atoms with Crippen LogP contribution in [0.4, 0.5) is 4.39 Å². The van der Waals surface area contributed by atoms with Crippen molar-refractivity contribution in [3.63, 3.8) is 0 Å². The Morgan fingerprint density at radius 3 is 2.32 bits per heavy atom. The number of carbonyl (C=O) groups excluding carboxylic acids is 2. The van der Waals surface area contributed by atoms with Crippen LogP contribution in [0.15, 0.2) is 78.7 Å². The van der Waals surface area contributed by atoms with Crippen molar-refractivity contribution >= 4 is 34.8 Å². The Morgan fingerprint density at radius 2 is 1.71 bits per heavy atom. The molecule has 0 N–H and O–H groups in total. The van der Waals surface area contributed by atoms with Gasteiger partial charge < -0.3 is 9.80 Å². The third kappa shape index (κ3) is 6.51. The molecule has 0 radical (unpaired) electrons. The van der Waals surface area contributed by atoms with Crippen molar-refractivity contribution in [3.8, 4) is 0 Å². The number of halogens is 2. The minimum atomic E-state index is -0.328. The van der Waals surface area contributed by atoms with Gasteiger partial charge in [-0.05, 0) is 53.4 Å². The van der Waals surface area contributed by atoms with Gasteiger partial charge in [-0.1, -0.05) is 35.9 Å². The monoisotopic (exact) mass is 456 g/mol. The third-order valence-corrected chi connectivity index (χ3v) is 5.73. The van der Waals surface area contributed by atoms with Gasteiger partial charge in [-0.3, -0.25) is 9.59 Å². The highest BCUT2D eigenvalue weighted by atomic mass is 35.5. The van der Waals surface area contributed by atoms with Crippen LogP contribution in [0.3, 0.4) is 0 Å². The van der Waals surface area contributed by atoms with E-state index in [9.17, 15) is 14.0 Å². The molecule has 4 nitrogen and oxygen atoms in total. The molecule has 0 unspecified atom stereocenters. The molecule has 1 aromatic heterocycles. The molecule has 0 aliphatic heterocycles. The van der Waals surface area contributed by atoms with Crippen molar-refractivity contribution in [2.45, 2.75) is 13.1 Å². The lowest BCUT2D eigenvalue weighted by molar-refractivity contribution is -0.133. The normalized spacial score (nSPS) is 10.5. The van der Waals surface area contributed by atoms with E-state index in [4.69, 9.17) is 11.6 Å². The van der Waals surface area contributed by atoms with Gasteiger partial charge in [0.25, 0.3) is 5.91 Å². The maximum atomic E-state index is 13.3. The Morgan fingerprint density at radius 1 is 1.00 bits per heavy atom. The van der Waals surface area contributed by atoms with Crippen molar-refractivity contribution in [3.05, 3.63) is 106 Å². The van der Waals surface area contributed by atoms with Crippen LogP contribution < -0.4 is 0 Å². The molecule has 2 amide bonds. The topological polar surface area (TPSA) is 40.6 Å². The number of benzene rings is 2. The predicted octanol–water partition coefficient (Wildman–Crippen LogP) is 5.40. The van der Waals surface area contributed by atoms with Gasteiger partial charge in [0, 0.05) is 28.6 Å². The van der Waals surface area contributed by atoms with Crippen molar-refractivity contribution in [1.29, 1.82) is 0 Å². The van der Waals surface area contributed by atoms with Crippen LogP contribution in [-0.2, 0) is 17.9 Å². The maximum Gasteiger partial charge on any atom is 0.254 e. The molecule has 2 aromatic carbocycles. The summed E-state index contributed by atoms with van der Waals surface area (Å²) in [4.78, 5) is 30.3. The van der Waals surface area contributed by atoms with Gasteiger partial charge >= 0.3 is 0 Å². The summed E-state index contributed by atoms with van der Waals surface area (Å²) in [5, 5.41) is 2.48. The first kappa shape index (κ1) is 22.7. The van der Waals surface area contributed by atoms with Crippen LogP contribution in [0.25, 0.3) is 0 Å². The minimum absolute atomic E-state index is 0.0972. The first-order chi connectivity index (χ1) is 15.0. The first-order valence-corrected chi connectivity index (χ1v) is 10.9. The van der Waals surface area contributed by atoms with Gasteiger partial charge in [0.05, 0.1) is 6.54 Å². The number of amides is 2. The van der Waals surface area contributed by atoms with E-state index in [0.717, 1.165) is 10.4 Å². The zero-order valence-electron chi connectivity index (χ0n) is 16.8. The van der Waals surface area contributed by atoms with Crippen LogP contribution in [-0.4, -0.2) is 34.7 Å². The Labute approximate surface area is 190 Å². The molecule has 0 fully saturated rings. The van der Waals surface area contributed by atoms with E-state index < -0.39 is 0 Å². The summed E-state index contributed by atoms with van der Waals surface area (Å²) in [5.41, 5.74) is 1.26.